The summed E-state index contributed by atoms with van der Waals surface area (Å²) in [5.74, 6) is 0. The zero-order valence-corrected chi connectivity index (χ0v) is 17.2. The summed E-state index contributed by atoms with van der Waals surface area (Å²) in [5.41, 5.74) is 10.5. The standard InChI is InChI=1S/C23H27N3O2S/c24-20(13-18-7-3-1-4-8-18)11-12-21(14-19-9-5-2-6-10-19)26-23(27)28-16-22-15-25-17-29-22/h1-10,15,17,20-21H,11-14,16,24H2,(H,26,27)/t20?,21-/m1/s1. The number of nitrogens with two attached hydrogens (primary N) is 1. The van der Waals surface area contributed by atoms with Crippen molar-refractivity contribution in [2.45, 2.75) is 44.4 Å². The van der Waals surface area contributed by atoms with Crippen LogP contribution in [0.15, 0.2) is 72.4 Å². The smallest absolute Gasteiger partial charge is 0.407 e. The number of carbonyl (C=O) groups excluding carboxylic acids is 1. The molecule has 0 spiro atoms. The van der Waals surface area contributed by atoms with Crippen molar-refractivity contribution in [2.75, 3.05) is 0 Å². The molecule has 5 nitrogen and oxygen atoms in total. The highest BCUT2D eigenvalue weighted by atomic mass is 32.1. The van der Waals surface area contributed by atoms with E-state index >= 15 is 0 Å². The third kappa shape index (κ3) is 7.68. The van der Waals surface area contributed by atoms with Gasteiger partial charge in [-0.1, -0.05) is 60.7 Å². The lowest BCUT2D eigenvalue weighted by atomic mass is 9.96. The number of nitrogens with one attached hydrogen (secondary N) is 1. The number of rotatable bonds is 10. The fourth-order valence-electron chi connectivity index (χ4n) is 3.22. The van der Waals surface area contributed by atoms with Crippen molar-refractivity contribution in [3.05, 3.63) is 88.4 Å². The van der Waals surface area contributed by atoms with Gasteiger partial charge in [0.1, 0.15) is 6.61 Å². The molecule has 6 heteroatoms. The molecule has 1 amide bonds. The monoisotopic (exact) mass is 409 g/mol. The van der Waals surface area contributed by atoms with Crippen molar-refractivity contribution in [1.29, 1.82) is 0 Å². The summed E-state index contributed by atoms with van der Waals surface area (Å²) in [6.07, 6.45) is 4.49. The largest absolute Gasteiger partial charge is 0.444 e. The van der Waals surface area contributed by atoms with Crippen molar-refractivity contribution < 1.29 is 9.53 Å². The summed E-state index contributed by atoms with van der Waals surface area (Å²) in [5, 5.41) is 3.01. The van der Waals surface area contributed by atoms with E-state index < -0.39 is 6.09 Å². The van der Waals surface area contributed by atoms with Crippen LogP contribution in [0, 0.1) is 0 Å². The minimum Gasteiger partial charge on any atom is -0.444 e. The first kappa shape index (κ1) is 21.0. The average Bonchev–Trinajstić information content (AvgIpc) is 3.26. The Kier molecular flexibility index (Phi) is 8.22. The van der Waals surface area contributed by atoms with Crippen LogP contribution in [-0.2, 0) is 24.2 Å². The molecular formula is C23H27N3O2S. The Morgan fingerprint density at radius 1 is 1.00 bits per heavy atom. The number of hydrogen-bond donors (Lipinski definition) is 2. The fraction of sp³-hybridized carbons (Fsp3) is 0.304. The van der Waals surface area contributed by atoms with E-state index in [0.29, 0.717) is 0 Å². The van der Waals surface area contributed by atoms with Crippen molar-refractivity contribution in [3.8, 4) is 0 Å². The maximum atomic E-state index is 12.3. The Morgan fingerprint density at radius 2 is 1.66 bits per heavy atom. The first-order valence-corrected chi connectivity index (χ1v) is 10.7. The highest BCUT2D eigenvalue weighted by Crippen LogP contribution is 2.13. The van der Waals surface area contributed by atoms with E-state index in [0.717, 1.165) is 30.6 Å². The molecule has 1 unspecified atom stereocenters. The highest BCUT2D eigenvalue weighted by molar-refractivity contribution is 7.09. The van der Waals surface area contributed by atoms with Gasteiger partial charge in [-0.3, -0.25) is 4.98 Å². The summed E-state index contributed by atoms with van der Waals surface area (Å²) in [4.78, 5) is 17.2. The molecule has 0 saturated carbocycles. The van der Waals surface area contributed by atoms with Crippen molar-refractivity contribution in [3.63, 3.8) is 0 Å². The fourth-order valence-corrected chi connectivity index (χ4v) is 3.72. The summed E-state index contributed by atoms with van der Waals surface area (Å²) < 4.78 is 5.35. The molecule has 3 N–H and O–H groups in total. The number of thiazole rings is 1. The van der Waals surface area contributed by atoms with E-state index in [1.807, 2.05) is 36.4 Å². The van der Waals surface area contributed by atoms with Gasteiger partial charge in [0, 0.05) is 18.3 Å². The Hall–Kier alpha value is -2.70. The lowest BCUT2D eigenvalue weighted by Crippen LogP contribution is -2.38. The molecule has 0 aliphatic carbocycles. The number of ether oxygens (including phenoxy) is 1. The topological polar surface area (TPSA) is 77.2 Å². The van der Waals surface area contributed by atoms with E-state index in [-0.39, 0.29) is 18.7 Å². The Bertz CT molecular complexity index is 841. The molecule has 2 atom stereocenters. The molecule has 0 fully saturated rings. The number of benzene rings is 2. The maximum Gasteiger partial charge on any atom is 0.407 e. The van der Waals surface area contributed by atoms with Crippen molar-refractivity contribution >= 4 is 17.4 Å². The van der Waals surface area contributed by atoms with Gasteiger partial charge in [0.25, 0.3) is 0 Å². The van der Waals surface area contributed by atoms with Crippen LogP contribution < -0.4 is 11.1 Å². The van der Waals surface area contributed by atoms with Crippen molar-refractivity contribution in [1.82, 2.24) is 10.3 Å². The number of amides is 1. The van der Waals surface area contributed by atoms with Gasteiger partial charge in [-0.05, 0) is 36.8 Å². The van der Waals surface area contributed by atoms with Gasteiger partial charge in [0.15, 0.2) is 0 Å². The molecule has 2 aromatic carbocycles. The minimum absolute atomic E-state index is 0.0341. The van der Waals surface area contributed by atoms with Gasteiger partial charge in [0.05, 0.1) is 10.4 Å². The number of carbonyl (C=O) groups is 1. The van der Waals surface area contributed by atoms with Crippen molar-refractivity contribution in [2.24, 2.45) is 5.73 Å². The van der Waals surface area contributed by atoms with Crippen LogP contribution in [0.5, 0.6) is 0 Å². The third-order valence-electron chi connectivity index (χ3n) is 4.70. The second kappa shape index (κ2) is 11.3. The number of nitrogens with zero attached hydrogens (tertiary/aromatic N) is 1. The van der Waals surface area contributed by atoms with Gasteiger partial charge >= 0.3 is 6.09 Å². The zero-order chi connectivity index (χ0) is 20.3. The van der Waals surface area contributed by atoms with E-state index in [1.54, 1.807) is 11.7 Å². The molecular weight excluding hydrogens is 382 g/mol. The molecule has 0 radical (unpaired) electrons. The van der Waals surface area contributed by atoms with Crippen LogP contribution in [0.2, 0.25) is 0 Å². The SMILES string of the molecule is NC(CC[C@H](Cc1ccccc1)NC(=O)OCc1cncs1)Cc1ccccc1. The van der Waals surface area contributed by atoms with Crippen LogP contribution in [0.4, 0.5) is 4.79 Å². The van der Waals surface area contributed by atoms with Crippen LogP contribution in [-0.4, -0.2) is 23.2 Å². The van der Waals surface area contributed by atoms with Crippen LogP contribution >= 0.6 is 11.3 Å². The third-order valence-corrected chi connectivity index (χ3v) is 5.46. The molecule has 0 bridgehead atoms. The van der Waals surface area contributed by atoms with Gasteiger partial charge in [-0.15, -0.1) is 11.3 Å². The van der Waals surface area contributed by atoms with E-state index in [2.05, 4.69) is 34.6 Å². The maximum absolute atomic E-state index is 12.3. The van der Waals surface area contributed by atoms with E-state index in [4.69, 9.17) is 10.5 Å². The predicted octanol–water partition coefficient (Wildman–Crippen LogP) is 4.33. The minimum atomic E-state index is -0.407. The summed E-state index contributed by atoms with van der Waals surface area (Å²) in [6.45, 7) is 0.238. The molecule has 0 saturated heterocycles. The molecule has 152 valence electrons. The Morgan fingerprint density at radius 3 is 2.28 bits per heavy atom. The molecule has 0 aliphatic heterocycles. The number of alkyl carbamates (subject to hydrolysis) is 1. The molecule has 29 heavy (non-hydrogen) atoms. The highest BCUT2D eigenvalue weighted by Gasteiger charge is 2.16. The summed E-state index contributed by atoms with van der Waals surface area (Å²) >= 11 is 1.47. The first-order valence-electron chi connectivity index (χ1n) is 9.83. The quantitative estimate of drug-likeness (QED) is 0.522. The predicted molar refractivity (Wildman–Crippen MR) is 117 cm³/mol. The second-order valence-electron chi connectivity index (χ2n) is 7.10. The number of aromatic nitrogens is 1. The summed E-state index contributed by atoms with van der Waals surface area (Å²) in [7, 11) is 0. The normalized spacial score (nSPS) is 12.9. The second-order valence-corrected chi connectivity index (χ2v) is 8.07. The van der Waals surface area contributed by atoms with E-state index in [1.165, 1.54) is 22.5 Å². The summed E-state index contributed by atoms with van der Waals surface area (Å²) in [6, 6.07) is 20.4. The van der Waals surface area contributed by atoms with Gasteiger partial charge in [0.2, 0.25) is 0 Å². The molecule has 3 aromatic rings. The van der Waals surface area contributed by atoms with Gasteiger partial charge in [-0.25, -0.2) is 4.79 Å². The van der Waals surface area contributed by atoms with Gasteiger partial charge < -0.3 is 15.8 Å². The molecule has 0 aliphatic rings. The van der Waals surface area contributed by atoms with Crippen LogP contribution in [0.1, 0.15) is 28.8 Å². The molecule has 1 heterocycles. The van der Waals surface area contributed by atoms with E-state index in [9.17, 15) is 4.79 Å². The van der Waals surface area contributed by atoms with Crippen LogP contribution in [0.3, 0.4) is 0 Å². The lowest BCUT2D eigenvalue weighted by molar-refractivity contribution is 0.135. The molecule has 3 rings (SSSR count). The van der Waals surface area contributed by atoms with Gasteiger partial charge in [-0.2, -0.15) is 0 Å². The molecule has 1 aromatic heterocycles. The first-order chi connectivity index (χ1) is 14.2. The van der Waals surface area contributed by atoms with Crippen LogP contribution in [0.25, 0.3) is 0 Å². The Balaban J connectivity index is 1.52. The zero-order valence-electron chi connectivity index (χ0n) is 16.4. The lowest BCUT2D eigenvalue weighted by Gasteiger charge is -2.21. The average molecular weight is 410 g/mol. The number of hydrogen-bond acceptors (Lipinski definition) is 5. The Labute approximate surface area is 175 Å².